The summed E-state index contributed by atoms with van der Waals surface area (Å²) in [6.07, 6.45) is -0.742. The molecule has 0 saturated carbocycles. The molecule has 4 nitrogen and oxygen atoms in total. The van der Waals surface area contributed by atoms with E-state index in [4.69, 9.17) is 5.11 Å². The molecule has 0 amide bonds. The van der Waals surface area contributed by atoms with Crippen LogP contribution in [0.2, 0.25) is 0 Å². The number of hydrogen-bond donors (Lipinski definition) is 3. The molecule has 0 aromatic heterocycles. The van der Waals surface area contributed by atoms with Crippen LogP contribution < -0.4 is 5.32 Å². The maximum absolute atomic E-state index is 12.1. The summed E-state index contributed by atoms with van der Waals surface area (Å²) in [7, 11) is -3.70. The summed E-state index contributed by atoms with van der Waals surface area (Å²) in [5, 5.41) is 12.2. The Bertz CT molecular complexity index is 574. The van der Waals surface area contributed by atoms with Crippen molar-refractivity contribution in [3.8, 4) is 0 Å². The maximum Gasteiger partial charge on any atom is 0.245 e. The molecule has 2 atom stereocenters. The minimum absolute atomic E-state index is 0.463. The van der Waals surface area contributed by atoms with Crippen molar-refractivity contribution < 1.29 is 14.6 Å². The second-order valence-corrected chi connectivity index (χ2v) is 6.89. The molecule has 0 fully saturated rings. The molecule has 3 N–H and O–H groups in total. The Labute approximate surface area is 118 Å². The summed E-state index contributed by atoms with van der Waals surface area (Å²) in [5.74, 6) is -0.770. The molecule has 106 valence electrons. The SMILES string of the molecule is O=P(O)(CO)[C@H](NCc1ccccc1)c1ccccc1. The average Bonchev–Trinajstić information content (AvgIpc) is 2.49. The zero-order valence-electron chi connectivity index (χ0n) is 11.0. The zero-order valence-corrected chi connectivity index (χ0v) is 11.9. The van der Waals surface area contributed by atoms with Gasteiger partial charge in [0.15, 0.2) is 0 Å². The van der Waals surface area contributed by atoms with E-state index in [1.165, 1.54) is 0 Å². The van der Waals surface area contributed by atoms with Crippen molar-refractivity contribution >= 4 is 7.37 Å². The first-order valence-electron chi connectivity index (χ1n) is 6.38. The van der Waals surface area contributed by atoms with Gasteiger partial charge in [-0.3, -0.25) is 9.88 Å². The quantitative estimate of drug-likeness (QED) is 0.716. The molecule has 0 radical (unpaired) electrons. The number of rotatable bonds is 6. The largest absolute Gasteiger partial charge is 0.386 e. The highest BCUT2D eigenvalue weighted by Crippen LogP contribution is 2.52. The van der Waals surface area contributed by atoms with Crippen molar-refractivity contribution in [2.24, 2.45) is 0 Å². The van der Waals surface area contributed by atoms with Gasteiger partial charge in [-0.15, -0.1) is 0 Å². The lowest BCUT2D eigenvalue weighted by Gasteiger charge is -2.23. The molecule has 2 aromatic rings. The number of aliphatic hydroxyl groups excluding tert-OH is 1. The Kier molecular flexibility index (Phi) is 5.10. The molecule has 2 aromatic carbocycles. The third-order valence-electron chi connectivity index (χ3n) is 3.06. The van der Waals surface area contributed by atoms with Crippen LogP contribution in [0.3, 0.4) is 0 Å². The first kappa shape index (κ1) is 14.9. The van der Waals surface area contributed by atoms with Crippen molar-refractivity contribution in [3.05, 3.63) is 71.8 Å². The Morgan fingerprint density at radius 3 is 2.10 bits per heavy atom. The zero-order chi connectivity index (χ0) is 14.4. The minimum atomic E-state index is -3.70. The van der Waals surface area contributed by atoms with Crippen molar-refractivity contribution in [2.45, 2.75) is 12.3 Å². The Morgan fingerprint density at radius 1 is 1.00 bits per heavy atom. The van der Waals surface area contributed by atoms with E-state index >= 15 is 0 Å². The van der Waals surface area contributed by atoms with E-state index in [0.717, 1.165) is 5.56 Å². The monoisotopic (exact) mass is 291 g/mol. The Balaban J connectivity index is 2.18. The van der Waals surface area contributed by atoms with Crippen LogP contribution in [0.4, 0.5) is 0 Å². The molecule has 5 heteroatoms. The summed E-state index contributed by atoms with van der Waals surface area (Å²) in [6.45, 7) is 0.463. The standard InChI is InChI=1S/C15H18NO3P/c17-12-20(18,19)15(14-9-5-2-6-10-14)16-11-13-7-3-1-4-8-13/h1-10,15-17H,11-12H2,(H,18,19)/t15-/m0/s1. The second-order valence-electron chi connectivity index (χ2n) is 4.58. The van der Waals surface area contributed by atoms with Crippen molar-refractivity contribution in [1.82, 2.24) is 5.32 Å². The molecule has 0 heterocycles. The number of aliphatic hydroxyl groups is 1. The number of nitrogens with one attached hydrogen (secondary N) is 1. The predicted octanol–water partition coefficient (Wildman–Crippen LogP) is 2.70. The molecule has 0 saturated heterocycles. The molecule has 1 unspecified atom stereocenters. The van der Waals surface area contributed by atoms with Gasteiger partial charge in [0, 0.05) is 6.54 Å². The van der Waals surface area contributed by atoms with E-state index in [0.29, 0.717) is 12.1 Å². The van der Waals surface area contributed by atoms with E-state index < -0.39 is 19.5 Å². The summed E-state index contributed by atoms with van der Waals surface area (Å²) in [6, 6.07) is 18.7. The first-order valence-corrected chi connectivity index (χ1v) is 8.29. The van der Waals surface area contributed by atoms with Gasteiger partial charge in [-0.2, -0.15) is 0 Å². The molecule has 0 aliphatic rings. The highest BCUT2D eigenvalue weighted by atomic mass is 31.2. The van der Waals surface area contributed by atoms with Crippen LogP contribution in [0.1, 0.15) is 16.9 Å². The smallest absolute Gasteiger partial charge is 0.245 e. The lowest BCUT2D eigenvalue weighted by molar-refractivity contribution is 0.324. The fourth-order valence-corrected chi connectivity index (χ4v) is 3.20. The van der Waals surface area contributed by atoms with Gasteiger partial charge in [-0.1, -0.05) is 60.7 Å². The molecule has 0 bridgehead atoms. The molecular formula is C15H18NO3P. The van der Waals surface area contributed by atoms with Crippen LogP contribution in [0.25, 0.3) is 0 Å². The topological polar surface area (TPSA) is 69.6 Å². The van der Waals surface area contributed by atoms with Gasteiger partial charge in [0.25, 0.3) is 0 Å². The van der Waals surface area contributed by atoms with Crippen LogP contribution in [0, 0.1) is 0 Å². The van der Waals surface area contributed by atoms with Crippen LogP contribution in [0.5, 0.6) is 0 Å². The van der Waals surface area contributed by atoms with E-state index in [9.17, 15) is 9.46 Å². The third-order valence-corrected chi connectivity index (χ3v) is 4.76. The summed E-state index contributed by atoms with van der Waals surface area (Å²) in [4.78, 5) is 9.96. The van der Waals surface area contributed by atoms with Crippen LogP contribution >= 0.6 is 7.37 Å². The van der Waals surface area contributed by atoms with E-state index in [1.807, 2.05) is 48.5 Å². The Hall–Kier alpha value is -1.45. The molecular weight excluding hydrogens is 273 g/mol. The minimum Gasteiger partial charge on any atom is -0.386 e. The van der Waals surface area contributed by atoms with Crippen molar-refractivity contribution in [3.63, 3.8) is 0 Å². The predicted molar refractivity (Wildman–Crippen MR) is 79.4 cm³/mol. The van der Waals surface area contributed by atoms with E-state index in [1.54, 1.807) is 12.1 Å². The first-order chi connectivity index (χ1) is 9.63. The average molecular weight is 291 g/mol. The van der Waals surface area contributed by atoms with Crippen molar-refractivity contribution in [1.29, 1.82) is 0 Å². The normalized spacial score (nSPS) is 15.5. The number of benzene rings is 2. The summed E-state index contributed by atoms with van der Waals surface area (Å²) in [5.41, 5.74) is 1.72. The molecule has 20 heavy (non-hydrogen) atoms. The Morgan fingerprint density at radius 2 is 1.55 bits per heavy atom. The molecule has 0 spiro atoms. The van der Waals surface area contributed by atoms with Crippen LogP contribution in [-0.4, -0.2) is 16.3 Å². The lowest BCUT2D eigenvalue weighted by Crippen LogP contribution is -2.22. The number of hydrogen-bond acceptors (Lipinski definition) is 3. The third kappa shape index (κ3) is 3.78. The van der Waals surface area contributed by atoms with Gasteiger partial charge >= 0.3 is 0 Å². The maximum atomic E-state index is 12.1. The molecule has 0 aliphatic carbocycles. The lowest BCUT2D eigenvalue weighted by atomic mass is 10.2. The van der Waals surface area contributed by atoms with Crippen molar-refractivity contribution in [2.75, 3.05) is 6.35 Å². The summed E-state index contributed by atoms with van der Waals surface area (Å²) < 4.78 is 12.1. The van der Waals surface area contributed by atoms with E-state index in [-0.39, 0.29) is 0 Å². The summed E-state index contributed by atoms with van der Waals surface area (Å²) >= 11 is 0. The van der Waals surface area contributed by atoms with Gasteiger partial charge < -0.3 is 10.00 Å². The fourth-order valence-electron chi connectivity index (χ4n) is 2.02. The highest BCUT2D eigenvalue weighted by molar-refractivity contribution is 7.58. The van der Waals surface area contributed by atoms with Gasteiger partial charge in [0.1, 0.15) is 12.1 Å². The highest BCUT2D eigenvalue weighted by Gasteiger charge is 2.31. The van der Waals surface area contributed by atoms with Gasteiger partial charge in [-0.05, 0) is 11.1 Å². The fraction of sp³-hybridized carbons (Fsp3) is 0.200. The van der Waals surface area contributed by atoms with Gasteiger partial charge in [-0.25, -0.2) is 0 Å². The van der Waals surface area contributed by atoms with Crippen LogP contribution in [0.15, 0.2) is 60.7 Å². The molecule has 0 aliphatic heterocycles. The molecule has 2 rings (SSSR count). The van der Waals surface area contributed by atoms with E-state index in [2.05, 4.69) is 5.32 Å². The van der Waals surface area contributed by atoms with Gasteiger partial charge in [0.2, 0.25) is 7.37 Å². The van der Waals surface area contributed by atoms with Crippen LogP contribution in [-0.2, 0) is 11.1 Å². The van der Waals surface area contributed by atoms with Gasteiger partial charge in [0.05, 0.1) is 0 Å². The second kappa shape index (κ2) is 6.82.